The first-order valence-electron chi connectivity index (χ1n) is 7.39. The molecule has 2 heterocycles. The number of carbonyl (C=O) groups excluding carboxylic acids is 1. The molecule has 0 atom stereocenters. The number of carbonyl (C=O) groups is 1. The van der Waals surface area contributed by atoms with Gasteiger partial charge in [-0.05, 0) is 36.4 Å². The van der Waals surface area contributed by atoms with Crippen molar-refractivity contribution < 1.29 is 27.6 Å². The molecule has 0 bridgehead atoms. The molecule has 134 valence electrons. The number of rotatable bonds is 4. The molecule has 2 aromatic heterocycles. The number of alkyl halides is 3. The maximum atomic E-state index is 12.5. The standard InChI is InChI=1S/C17H12F3N3O3/c18-17(19,20)15-6-3-11(8-21-15)16(25)22-9-13-7-14(23-26-13)10-1-4-12(24)5-2-10/h1-8,24H,9H2,(H,22,25). The van der Waals surface area contributed by atoms with Gasteiger partial charge in [0.2, 0.25) is 0 Å². The zero-order chi connectivity index (χ0) is 18.7. The lowest BCUT2D eigenvalue weighted by Crippen LogP contribution is -2.23. The summed E-state index contributed by atoms with van der Waals surface area (Å²) in [4.78, 5) is 15.2. The van der Waals surface area contributed by atoms with Gasteiger partial charge in [0.05, 0.1) is 12.1 Å². The molecule has 0 unspecified atom stereocenters. The van der Waals surface area contributed by atoms with Crippen LogP contribution in [0.5, 0.6) is 5.75 Å². The van der Waals surface area contributed by atoms with E-state index in [9.17, 15) is 23.1 Å². The van der Waals surface area contributed by atoms with Gasteiger partial charge in [0.1, 0.15) is 17.1 Å². The summed E-state index contributed by atoms with van der Waals surface area (Å²) in [6, 6.07) is 9.72. The van der Waals surface area contributed by atoms with Crippen molar-refractivity contribution in [2.24, 2.45) is 0 Å². The van der Waals surface area contributed by atoms with Crippen molar-refractivity contribution >= 4 is 5.91 Å². The van der Waals surface area contributed by atoms with Crippen LogP contribution in [-0.2, 0) is 12.7 Å². The summed E-state index contributed by atoms with van der Waals surface area (Å²) in [5, 5.41) is 15.6. The molecule has 0 fully saturated rings. The molecule has 0 saturated carbocycles. The normalized spacial score (nSPS) is 11.3. The topological polar surface area (TPSA) is 88.2 Å². The second-order valence-electron chi connectivity index (χ2n) is 5.34. The Bertz CT molecular complexity index is 903. The van der Waals surface area contributed by atoms with E-state index < -0.39 is 17.8 Å². The highest BCUT2D eigenvalue weighted by Crippen LogP contribution is 2.27. The van der Waals surface area contributed by atoms with E-state index in [2.05, 4.69) is 15.5 Å². The SMILES string of the molecule is O=C(NCc1cc(-c2ccc(O)cc2)no1)c1ccc(C(F)(F)F)nc1. The molecule has 1 amide bonds. The zero-order valence-electron chi connectivity index (χ0n) is 13.1. The van der Waals surface area contributed by atoms with Gasteiger partial charge >= 0.3 is 6.18 Å². The molecular formula is C17H12F3N3O3. The van der Waals surface area contributed by atoms with Crippen LogP contribution in [0.15, 0.2) is 53.2 Å². The van der Waals surface area contributed by atoms with Gasteiger partial charge in [-0.1, -0.05) is 5.16 Å². The Labute approximate surface area is 145 Å². The van der Waals surface area contributed by atoms with Crippen molar-refractivity contribution in [1.29, 1.82) is 0 Å². The Morgan fingerprint density at radius 2 is 1.88 bits per heavy atom. The number of nitrogens with zero attached hydrogens (tertiary/aromatic N) is 2. The Morgan fingerprint density at radius 1 is 1.15 bits per heavy atom. The zero-order valence-corrected chi connectivity index (χ0v) is 13.1. The highest BCUT2D eigenvalue weighted by molar-refractivity contribution is 5.93. The number of aromatic hydroxyl groups is 1. The second kappa shape index (κ2) is 6.87. The first kappa shape index (κ1) is 17.5. The lowest BCUT2D eigenvalue weighted by Gasteiger charge is -2.06. The lowest BCUT2D eigenvalue weighted by atomic mass is 10.1. The Balaban J connectivity index is 1.62. The first-order valence-corrected chi connectivity index (χ1v) is 7.39. The van der Waals surface area contributed by atoms with E-state index in [-0.39, 0.29) is 17.9 Å². The van der Waals surface area contributed by atoms with Crippen molar-refractivity contribution in [1.82, 2.24) is 15.5 Å². The highest BCUT2D eigenvalue weighted by Gasteiger charge is 2.32. The molecule has 0 aliphatic carbocycles. The summed E-state index contributed by atoms with van der Waals surface area (Å²) in [6.45, 7) is 0.00490. The molecule has 26 heavy (non-hydrogen) atoms. The van der Waals surface area contributed by atoms with Crippen LogP contribution in [0, 0.1) is 0 Å². The van der Waals surface area contributed by atoms with Gasteiger partial charge in [0.15, 0.2) is 5.76 Å². The second-order valence-corrected chi connectivity index (χ2v) is 5.34. The molecule has 0 aliphatic heterocycles. The number of phenolic OH excluding ortho intramolecular Hbond substituents is 1. The lowest BCUT2D eigenvalue weighted by molar-refractivity contribution is -0.141. The Hall–Kier alpha value is -3.36. The quantitative estimate of drug-likeness (QED) is 0.742. The summed E-state index contributed by atoms with van der Waals surface area (Å²) >= 11 is 0. The number of halogens is 3. The number of benzene rings is 1. The van der Waals surface area contributed by atoms with Crippen LogP contribution in [0.25, 0.3) is 11.3 Å². The molecule has 0 aliphatic rings. The van der Waals surface area contributed by atoms with Gasteiger partial charge in [-0.2, -0.15) is 13.2 Å². The minimum Gasteiger partial charge on any atom is -0.508 e. The fourth-order valence-electron chi connectivity index (χ4n) is 2.13. The van der Waals surface area contributed by atoms with Crippen LogP contribution in [-0.4, -0.2) is 21.2 Å². The van der Waals surface area contributed by atoms with Crippen LogP contribution in [0.1, 0.15) is 21.8 Å². The maximum absolute atomic E-state index is 12.5. The fourth-order valence-corrected chi connectivity index (χ4v) is 2.13. The number of pyridine rings is 1. The molecular weight excluding hydrogens is 351 g/mol. The third kappa shape index (κ3) is 4.00. The Kier molecular flexibility index (Phi) is 4.61. The molecule has 1 aromatic carbocycles. The number of nitrogens with one attached hydrogen (secondary N) is 1. The number of aromatic nitrogens is 2. The molecule has 9 heteroatoms. The summed E-state index contributed by atoms with van der Waals surface area (Å²) in [5.41, 5.74) is 0.167. The van der Waals surface area contributed by atoms with Gasteiger partial charge in [-0.3, -0.25) is 9.78 Å². The van der Waals surface area contributed by atoms with E-state index in [1.54, 1.807) is 18.2 Å². The van der Waals surface area contributed by atoms with E-state index in [1.165, 1.54) is 12.1 Å². The van der Waals surface area contributed by atoms with Crippen molar-refractivity contribution in [3.8, 4) is 17.0 Å². The van der Waals surface area contributed by atoms with E-state index in [0.29, 0.717) is 11.5 Å². The van der Waals surface area contributed by atoms with Crippen LogP contribution in [0.4, 0.5) is 13.2 Å². The molecule has 3 aromatic rings. The van der Waals surface area contributed by atoms with Crippen LogP contribution in [0.3, 0.4) is 0 Å². The number of hydrogen-bond acceptors (Lipinski definition) is 5. The fraction of sp³-hybridized carbons (Fsp3) is 0.118. The minimum absolute atomic E-state index is 0.00345. The molecule has 6 nitrogen and oxygen atoms in total. The van der Waals surface area contributed by atoms with Crippen LogP contribution < -0.4 is 5.32 Å². The summed E-state index contributed by atoms with van der Waals surface area (Å²) in [7, 11) is 0. The minimum atomic E-state index is -4.56. The van der Waals surface area contributed by atoms with Crippen LogP contribution >= 0.6 is 0 Å². The molecule has 0 saturated heterocycles. The summed E-state index contributed by atoms with van der Waals surface area (Å²) in [6.07, 6.45) is -3.69. The van der Waals surface area contributed by atoms with E-state index in [0.717, 1.165) is 23.9 Å². The van der Waals surface area contributed by atoms with Gasteiger partial charge in [-0.25, -0.2) is 0 Å². The smallest absolute Gasteiger partial charge is 0.433 e. The molecule has 2 N–H and O–H groups in total. The predicted molar refractivity (Wildman–Crippen MR) is 84.0 cm³/mol. The number of hydrogen-bond donors (Lipinski definition) is 2. The Morgan fingerprint density at radius 3 is 2.50 bits per heavy atom. The van der Waals surface area contributed by atoms with Crippen molar-refractivity contribution in [3.63, 3.8) is 0 Å². The van der Waals surface area contributed by atoms with Crippen molar-refractivity contribution in [3.05, 3.63) is 65.7 Å². The van der Waals surface area contributed by atoms with E-state index in [4.69, 9.17) is 4.52 Å². The summed E-state index contributed by atoms with van der Waals surface area (Å²) in [5.74, 6) is -0.106. The molecule has 0 spiro atoms. The molecule has 0 radical (unpaired) electrons. The third-order valence-corrected chi connectivity index (χ3v) is 3.46. The van der Waals surface area contributed by atoms with Gasteiger partial charge in [-0.15, -0.1) is 0 Å². The average molecular weight is 363 g/mol. The van der Waals surface area contributed by atoms with Crippen LogP contribution in [0.2, 0.25) is 0 Å². The third-order valence-electron chi connectivity index (χ3n) is 3.46. The monoisotopic (exact) mass is 363 g/mol. The van der Waals surface area contributed by atoms with Gasteiger partial charge in [0, 0.05) is 17.8 Å². The first-order chi connectivity index (χ1) is 12.3. The van der Waals surface area contributed by atoms with Crippen molar-refractivity contribution in [2.45, 2.75) is 12.7 Å². The highest BCUT2D eigenvalue weighted by atomic mass is 19.4. The van der Waals surface area contributed by atoms with Gasteiger partial charge < -0.3 is 14.9 Å². The largest absolute Gasteiger partial charge is 0.508 e. The van der Waals surface area contributed by atoms with Gasteiger partial charge in [0.25, 0.3) is 5.91 Å². The van der Waals surface area contributed by atoms with E-state index >= 15 is 0 Å². The summed E-state index contributed by atoms with van der Waals surface area (Å²) < 4.78 is 42.5. The van der Waals surface area contributed by atoms with E-state index in [1.807, 2.05) is 0 Å². The molecule has 3 rings (SSSR count). The average Bonchev–Trinajstić information content (AvgIpc) is 3.08. The number of amides is 1. The predicted octanol–water partition coefficient (Wildman–Crippen LogP) is 3.39. The maximum Gasteiger partial charge on any atom is 0.433 e. The van der Waals surface area contributed by atoms with Crippen molar-refractivity contribution in [2.75, 3.05) is 0 Å². The number of phenols is 1.